The zero-order valence-corrected chi connectivity index (χ0v) is 9.49. The van der Waals surface area contributed by atoms with E-state index >= 15 is 0 Å². The number of hydrogen-bond acceptors (Lipinski definition) is 2. The summed E-state index contributed by atoms with van der Waals surface area (Å²) in [6, 6.07) is 5.59. The van der Waals surface area contributed by atoms with Crippen molar-refractivity contribution in [1.29, 1.82) is 0 Å². The lowest BCUT2D eigenvalue weighted by Gasteiger charge is -2.02. The summed E-state index contributed by atoms with van der Waals surface area (Å²) < 4.78 is 3.68. The summed E-state index contributed by atoms with van der Waals surface area (Å²) in [4.78, 5) is 4.08. The molecule has 0 aliphatic carbocycles. The topological polar surface area (TPSA) is 26.0 Å². The van der Waals surface area contributed by atoms with Crippen LogP contribution < -0.4 is 0 Å². The molecule has 74 valence electrons. The summed E-state index contributed by atoms with van der Waals surface area (Å²) in [7, 11) is 0. The van der Waals surface area contributed by atoms with Gasteiger partial charge in [-0.1, -0.05) is 40.9 Å². The molecule has 1 heterocycles. The van der Waals surface area contributed by atoms with E-state index < -0.39 is 3.79 Å². The minimum atomic E-state index is -1.60. The van der Waals surface area contributed by atoms with Crippen molar-refractivity contribution in [3.8, 4) is 0 Å². The summed E-state index contributed by atoms with van der Waals surface area (Å²) in [5.74, 6) is 0.100. The van der Waals surface area contributed by atoms with E-state index in [1.54, 1.807) is 6.07 Å². The van der Waals surface area contributed by atoms with E-state index in [0.29, 0.717) is 11.1 Å². The largest absolute Gasteiger partial charge is 0.436 e. The molecule has 0 saturated heterocycles. The number of alkyl halides is 3. The Morgan fingerprint density at radius 1 is 1.29 bits per heavy atom. The molecule has 0 saturated carbocycles. The molecule has 2 rings (SSSR count). The van der Waals surface area contributed by atoms with Crippen LogP contribution in [0.4, 0.5) is 0 Å². The first-order valence-electron chi connectivity index (χ1n) is 3.91. The summed E-state index contributed by atoms with van der Waals surface area (Å²) in [5.41, 5.74) is 2.41. The van der Waals surface area contributed by atoms with E-state index in [9.17, 15) is 0 Å². The zero-order chi connectivity index (χ0) is 10.3. The van der Waals surface area contributed by atoms with Gasteiger partial charge >= 0.3 is 0 Å². The Kier molecular flexibility index (Phi) is 2.38. The van der Waals surface area contributed by atoms with Crippen molar-refractivity contribution in [2.45, 2.75) is 10.7 Å². The highest BCUT2D eigenvalue weighted by Crippen LogP contribution is 2.38. The molecular formula is C9H6Cl3NO. The SMILES string of the molecule is Cc1ccc2oc(C(Cl)(Cl)Cl)nc2c1. The minimum absolute atomic E-state index is 0.100. The maximum atomic E-state index is 5.64. The van der Waals surface area contributed by atoms with E-state index in [2.05, 4.69) is 4.98 Å². The Labute approximate surface area is 95.8 Å². The van der Waals surface area contributed by atoms with Gasteiger partial charge < -0.3 is 4.42 Å². The summed E-state index contributed by atoms with van der Waals surface area (Å²) in [5, 5.41) is 0. The molecule has 0 spiro atoms. The van der Waals surface area contributed by atoms with Gasteiger partial charge in [0.15, 0.2) is 5.58 Å². The predicted molar refractivity (Wildman–Crippen MR) is 58.0 cm³/mol. The molecule has 1 aromatic heterocycles. The highest BCUT2D eigenvalue weighted by molar-refractivity contribution is 6.66. The molecule has 0 aliphatic rings. The fourth-order valence-electron chi connectivity index (χ4n) is 1.16. The van der Waals surface area contributed by atoms with Crippen LogP contribution in [0.5, 0.6) is 0 Å². The van der Waals surface area contributed by atoms with E-state index in [0.717, 1.165) is 5.56 Å². The fraction of sp³-hybridized carbons (Fsp3) is 0.222. The van der Waals surface area contributed by atoms with Gasteiger partial charge in [-0.25, -0.2) is 4.98 Å². The summed E-state index contributed by atoms with van der Waals surface area (Å²) in [6.07, 6.45) is 0. The Bertz CT molecular complexity index is 472. The number of nitrogens with zero attached hydrogens (tertiary/aromatic N) is 1. The average molecular weight is 251 g/mol. The fourth-order valence-corrected chi connectivity index (χ4v) is 1.40. The van der Waals surface area contributed by atoms with Gasteiger partial charge in [-0.3, -0.25) is 0 Å². The Balaban J connectivity index is 2.63. The molecule has 0 bridgehead atoms. The molecule has 14 heavy (non-hydrogen) atoms. The number of rotatable bonds is 0. The van der Waals surface area contributed by atoms with Gasteiger partial charge in [0.1, 0.15) is 5.52 Å². The van der Waals surface area contributed by atoms with Crippen LogP contribution in [0.25, 0.3) is 11.1 Å². The molecule has 0 atom stereocenters. The zero-order valence-electron chi connectivity index (χ0n) is 7.22. The van der Waals surface area contributed by atoms with E-state index in [1.165, 1.54) is 0 Å². The van der Waals surface area contributed by atoms with Gasteiger partial charge in [0.25, 0.3) is 3.79 Å². The Morgan fingerprint density at radius 3 is 2.64 bits per heavy atom. The molecule has 0 aliphatic heterocycles. The number of aromatic nitrogens is 1. The highest BCUT2D eigenvalue weighted by atomic mass is 35.6. The molecule has 1 aromatic carbocycles. The van der Waals surface area contributed by atoms with Crippen LogP contribution in [-0.4, -0.2) is 4.98 Å². The number of benzene rings is 1. The number of oxazole rings is 1. The Hall–Kier alpha value is -0.440. The second-order valence-corrected chi connectivity index (χ2v) is 5.27. The molecule has 0 fully saturated rings. The van der Waals surface area contributed by atoms with Crippen LogP contribution in [0.2, 0.25) is 0 Å². The maximum Gasteiger partial charge on any atom is 0.266 e. The van der Waals surface area contributed by atoms with Gasteiger partial charge in [-0.2, -0.15) is 0 Å². The van der Waals surface area contributed by atoms with Crippen LogP contribution in [0, 0.1) is 6.92 Å². The third-order valence-corrected chi connectivity index (χ3v) is 2.27. The van der Waals surface area contributed by atoms with Crippen LogP contribution in [0.1, 0.15) is 11.5 Å². The van der Waals surface area contributed by atoms with E-state index in [-0.39, 0.29) is 5.89 Å². The van der Waals surface area contributed by atoms with Gasteiger partial charge in [0.05, 0.1) is 0 Å². The molecule has 0 unspecified atom stereocenters. The molecule has 2 nitrogen and oxygen atoms in total. The van der Waals surface area contributed by atoms with Crippen molar-refractivity contribution in [3.63, 3.8) is 0 Å². The molecular weight excluding hydrogens is 244 g/mol. The lowest BCUT2D eigenvalue weighted by Crippen LogP contribution is -1.99. The number of hydrogen-bond donors (Lipinski definition) is 0. The number of halogens is 3. The lowest BCUT2D eigenvalue weighted by molar-refractivity contribution is 0.540. The second-order valence-electron chi connectivity index (χ2n) is 2.99. The van der Waals surface area contributed by atoms with E-state index in [4.69, 9.17) is 39.2 Å². The molecule has 0 radical (unpaired) electrons. The third-order valence-electron chi connectivity index (χ3n) is 1.79. The van der Waals surface area contributed by atoms with Gasteiger partial charge in [-0.05, 0) is 24.6 Å². The van der Waals surface area contributed by atoms with Crippen molar-refractivity contribution >= 4 is 45.9 Å². The molecule has 5 heteroatoms. The normalized spacial score (nSPS) is 12.3. The minimum Gasteiger partial charge on any atom is -0.436 e. The smallest absolute Gasteiger partial charge is 0.266 e. The number of aryl methyl sites for hydroxylation is 1. The van der Waals surface area contributed by atoms with Crippen LogP contribution in [-0.2, 0) is 3.79 Å². The third kappa shape index (κ3) is 1.83. The van der Waals surface area contributed by atoms with Gasteiger partial charge in [0.2, 0.25) is 5.89 Å². The lowest BCUT2D eigenvalue weighted by atomic mass is 10.2. The first-order valence-corrected chi connectivity index (χ1v) is 5.04. The Morgan fingerprint density at radius 2 is 2.00 bits per heavy atom. The molecule has 2 aromatic rings. The summed E-state index contributed by atoms with van der Waals surface area (Å²) in [6.45, 7) is 1.96. The number of fused-ring (bicyclic) bond motifs is 1. The van der Waals surface area contributed by atoms with Crippen molar-refractivity contribution in [2.75, 3.05) is 0 Å². The predicted octanol–water partition coefficient (Wildman–Crippen LogP) is 3.96. The molecule has 0 N–H and O–H groups in total. The first kappa shape index (κ1) is 10.1. The van der Waals surface area contributed by atoms with Crippen molar-refractivity contribution in [1.82, 2.24) is 4.98 Å². The maximum absolute atomic E-state index is 5.64. The highest BCUT2D eigenvalue weighted by Gasteiger charge is 2.29. The van der Waals surface area contributed by atoms with Crippen LogP contribution in [0.3, 0.4) is 0 Å². The van der Waals surface area contributed by atoms with Crippen molar-refractivity contribution in [2.24, 2.45) is 0 Å². The van der Waals surface area contributed by atoms with Crippen molar-refractivity contribution in [3.05, 3.63) is 29.7 Å². The summed E-state index contributed by atoms with van der Waals surface area (Å²) >= 11 is 16.9. The van der Waals surface area contributed by atoms with Crippen LogP contribution >= 0.6 is 34.8 Å². The van der Waals surface area contributed by atoms with Gasteiger partial charge in [0, 0.05) is 0 Å². The van der Waals surface area contributed by atoms with Crippen LogP contribution in [0.15, 0.2) is 22.6 Å². The second kappa shape index (κ2) is 3.30. The van der Waals surface area contributed by atoms with Gasteiger partial charge in [-0.15, -0.1) is 0 Å². The first-order chi connectivity index (χ1) is 6.47. The molecule has 0 amide bonds. The average Bonchev–Trinajstić information content (AvgIpc) is 2.45. The standard InChI is InChI=1S/C9H6Cl3NO/c1-5-2-3-7-6(4-5)13-8(14-7)9(10,11)12/h2-4H,1H3. The van der Waals surface area contributed by atoms with E-state index in [1.807, 2.05) is 19.1 Å². The monoisotopic (exact) mass is 249 g/mol. The van der Waals surface area contributed by atoms with Crippen molar-refractivity contribution < 1.29 is 4.42 Å². The quantitative estimate of drug-likeness (QED) is 0.661.